The maximum atomic E-state index is 12.8. The summed E-state index contributed by atoms with van der Waals surface area (Å²) in [5.41, 5.74) is 2.43. The Bertz CT molecular complexity index is 929. The second kappa shape index (κ2) is 7.48. The van der Waals surface area contributed by atoms with Crippen LogP contribution in [0, 0.1) is 13.8 Å². The third-order valence-corrected chi connectivity index (χ3v) is 5.38. The number of likely N-dealkylation sites (tertiary alicyclic amines) is 1. The molecule has 0 radical (unpaired) electrons. The Kier molecular flexibility index (Phi) is 4.89. The van der Waals surface area contributed by atoms with E-state index in [2.05, 4.69) is 15.1 Å². The molecule has 0 atom stereocenters. The highest BCUT2D eigenvalue weighted by Gasteiger charge is 2.26. The van der Waals surface area contributed by atoms with Crippen LogP contribution in [0.5, 0.6) is 5.75 Å². The van der Waals surface area contributed by atoms with E-state index in [0.29, 0.717) is 18.8 Å². The van der Waals surface area contributed by atoms with Crippen molar-refractivity contribution in [2.75, 3.05) is 13.1 Å². The Balaban J connectivity index is 1.38. The SMILES string of the molecule is Cc1cc(C)n(-c2nc(C(=O)N3CCC(Oc4cccnc4)CC3)cs2)n1. The third kappa shape index (κ3) is 3.85. The number of nitrogens with zero attached hydrogens (tertiary/aromatic N) is 5. The molecular weight excluding hydrogens is 362 g/mol. The normalized spacial score (nSPS) is 15.1. The molecule has 140 valence electrons. The first-order chi connectivity index (χ1) is 13.1. The first-order valence-electron chi connectivity index (χ1n) is 8.95. The lowest BCUT2D eigenvalue weighted by Gasteiger charge is -2.31. The van der Waals surface area contributed by atoms with Crippen molar-refractivity contribution < 1.29 is 9.53 Å². The molecule has 0 N–H and O–H groups in total. The van der Waals surface area contributed by atoms with Gasteiger partial charge in [-0.1, -0.05) is 0 Å². The summed E-state index contributed by atoms with van der Waals surface area (Å²) in [5, 5.41) is 6.97. The van der Waals surface area contributed by atoms with Gasteiger partial charge in [0.15, 0.2) is 0 Å². The molecule has 8 heteroatoms. The Labute approximate surface area is 161 Å². The van der Waals surface area contributed by atoms with E-state index < -0.39 is 0 Å². The molecule has 0 bridgehead atoms. The monoisotopic (exact) mass is 383 g/mol. The van der Waals surface area contributed by atoms with Gasteiger partial charge in [-0.25, -0.2) is 9.67 Å². The standard InChI is InChI=1S/C19H21N5O2S/c1-13-10-14(2)24(22-13)19-21-17(12-27-19)18(25)23-8-5-15(6-9-23)26-16-4-3-7-20-11-16/h3-4,7,10-12,15H,5-6,8-9H2,1-2H3. The maximum Gasteiger partial charge on any atom is 0.273 e. The quantitative estimate of drug-likeness (QED) is 0.692. The lowest BCUT2D eigenvalue weighted by atomic mass is 10.1. The zero-order valence-electron chi connectivity index (χ0n) is 15.3. The van der Waals surface area contributed by atoms with Crippen molar-refractivity contribution in [3.8, 4) is 10.9 Å². The number of amides is 1. The fourth-order valence-corrected chi connectivity index (χ4v) is 4.04. The van der Waals surface area contributed by atoms with Crippen molar-refractivity contribution in [1.29, 1.82) is 0 Å². The molecular formula is C19H21N5O2S. The predicted molar refractivity (Wildman–Crippen MR) is 103 cm³/mol. The highest BCUT2D eigenvalue weighted by Crippen LogP contribution is 2.22. The number of piperidine rings is 1. The topological polar surface area (TPSA) is 73.1 Å². The van der Waals surface area contributed by atoms with E-state index in [4.69, 9.17) is 4.74 Å². The van der Waals surface area contributed by atoms with Crippen LogP contribution in [-0.2, 0) is 0 Å². The smallest absolute Gasteiger partial charge is 0.273 e. The number of hydrogen-bond acceptors (Lipinski definition) is 6. The Morgan fingerprint density at radius 1 is 1.30 bits per heavy atom. The maximum absolute atomic E-state index is 12.8. The zero-order valence-corrected chi connectivity index (χ0v) is 16.1. The molecule has 1 aliphatic rings. The third-order valence-electron chi connectivity index (χ3n) is 4.57. The van der Waals surface area contributed by atoms with E-state index in [1.54, 1.807) is 17.1 Å². The Morgan fingerprint density at radius 3 is 2.78 bits per heavy atom. The number of hydrogen-bond donors (Lipinski definition) is 0. The highest BCUT2D eigenvalue weighted by molar-refractivity contribution is 7.12. The lowest BCUT2D eigenvalue weighted by molar-refractivity contribution is 0.0590. The molecule has 1 amide bonds. The zero-order chi connectivity index (χ0) is 18.8. The van der Waals surface area contributed by atoms with Gasteiger partial charge in [0.25, 0.3) is 5.91 Å². The van der Waals surface area contributed by atoms with Crippen LogP contribution < -0.4 is 4.74 Å². The van der Waals surface area contributed by atoms with Gasteiger partial charge < -0.3 is 9.64 Å². The van der Waals surface area contributed by atoms with Crippen molar-refractivity contribution in [3.63, 3.8) is 0 Å². The second-order valence-electron chi connectivity index (χ2n) is 6.65. The molecule has 4 rings (SSSR count). The molecule has 1 saturated heterocycles. The van der Waals surface area contributed by atoms with Gasteiger partial charge in [-0.3, -0.25) is 9.78 Å². The molecule has 4 heterocycles. The molecule has 0 aromatic carbocycles. The first kappa shape index (κ1) is 17.7. The van der Waals surface area contributed by atoms with Crippen molar-refractivity contribution in [2.24, 2.45) is 0 Å². The minimum atomic E-state index is -0.0288. The summed E-state index contributed by atoms with van der Waals surface area (Å²) in [4.78, 5) is 23.2. The van der Waals surface area contributed by atoms with Crippen LogP contribution in [0.3, 0.4) is 0 Å². The minimum absolute atomic E-state index is 0.0288. The summed E-state index contributed by atoms with van der Waals surface area (Å²) in [6.07, 6.45) is 5.15. The van der Waals surface area contributed by atoms with E-state index in [9.17, 15) is 4.79 Å². The molecule has 1 fully saturated rings. The van der Waals surface area contributed by atoms with Gasteiger partial charge in [-0.05, 0) is 32.0 Å². The molecule has 3 aromatic rings. The fourth-order valence-electron chi connectivity index (χ4n) is 3.23. The summed E-state index contributed by atoms with van der Waals surface area (Å²) in [5.74, 6) is 0.746. The van der Waals surface area contributed by atoms with Gasteiger partial charge in [0, 0.05) is 43.2 Å². The van der Waals surface area contributed by atoms with Gasteiger partial charge in [-0.2, -0.15) is 5.10 Å². The first-order valence-corrected chi connectivity index (χ1v) is 9.83. The van der Waals surface area contributed by atoms with E-state index in [-0.39, 0.29) is 12.0 Å². The Hall–Kier alpha value is -2.74. The number of ether oxygens (including phenoxy) is 1. The number of pyridine rings is 1. The van der Waals surface area contributed by atoms with E-state index in [0.717, 1.165) is 35.1 Å². The van der Waals surface area contributed by atoms with Crippen molar-refractivity contribution >= 4 is 17.2 Å². The van der Waals surface area contributed by atoms with E-state index >= 15 is 0 Å². The highest BCUT2D eigenvalue weighted by atomic mass is 32.1. The second-order valence-corrected chi connectivity index (χ2v) is 7.49. The van der Waals surface area contributed by atoms with Crippen LogP contribution in [0.15, 0.2) is 36.0 Å². The average Bonchev–Trinajstić information content (AvgIpc) is 3.29. The van der Waals surface area contributed by atoms with Crippen molar-refractivity contribution in [1.82, 2.24) is 24.6 Å². The summed E-state index contributed by atoms with van der Waals surface area (Å²) in [7, 11) is 0. The molecule has 0 spiro atoms. The van der Waals surface area contributed by atoms with Crippen molar-refractivity contribution in [2.45, 2.75) is 32.8 Å². The van der Waals surface area contributed by atoms with Crippen LogP contribution in [0.25, 0.3) is 5.13 Å². The molecule has 7 nitrogen and oxygen atoms in total. The molecule has 27 heavy (non-hydrogen) atoms. The average molecular weight is 383 g/mol. The molecule has 0 unspecified atom stereocenters. The van der Waals surface area contributed by atoms with Gasteiger partial charge in [-0.15, -0.1) is 11.3 Å². The van der Waals surface area contributed by atoms with Gasteiger partial charge >= 0.3 is 0 Å². The van der Waals surface area contributed by atoms with E-state index in [1.165, 1.54) is 11.3 Å². The van der Waals surface area contributed by atoms with Gasteiger partial charge in [0.2, 0.25) is 5.13 Å². The number of thiazole rings is 1. The number of aromatic nitrogens is 4. The number of carbonyl (C=O) groups is 1. The summed E-state index contributed by atoms with van der Waals surface area (Å²) in [6, 6.07) is 5.76. The lowest BCUT2D eigenvalue weighted by Crippen LogP contribution is -2.41. The number of rotatable bonds is 4. The van der Waals surface area contributed by atoms with Gasteiger partial charge in [0.1, 0.15) is 17.5 Å². The van der Waals surface area contributed by atoms with Crippen LogP contribution in [-0.4, -0.2) is 49.7 Å². The van der Waals surface area contributed by atoms with Crippen LogP contribution in [0.4, 0.5) is 0 Å². The number of aryl methyl sites for hydroxylation is 2. The van der Waals surface area contributed by atoms with E-state index in [1.807, 2.05) is 42.3 Å². The predicted octanol–water partition coefficient (Wildman–Crippen LogP) is 3.02. The molecule has 0 aliphatic carbocycles. The fraction of sp³-hybridized carbons (Fsp3) is 0.368. The molecule has 0 saturated carbocycles. The Morgan fingerprint density at radius 2 is 2.11 bits per heavy atom. The van der Waals surface area contributed by atoms with Crippen LogP contribution >= 0.6 is 11.3 Å². The summed E-state index contributed by atoms with van der Waals surface area (Å²) < 4.78 is 7.72. The van der Waals surface area contributed by atoms with Crippen molar-refractivity contribution in [3.05, 3.63) is 53.1 Å². The van der Waals surface area contributed by atoms with Crippen LogP contribution in [0.2, 0.25) is 0 Å². The largest absolute Gasteiger partial charge is 0.489 e. The van der Waals surface area contributed by atoms with Crippen LogP contribution in [0.1, 0.15) is 34.7 Å². The summed E-state index contributed by atoms with van der Waals surface area (Å²) in [6.45, 7) is 5.25. The molecule has 1 aliphatic heterocycles. The minimum Gasteiger partial charge on any atom is -0.489 e. The number of carbonyl (C=O) groups excluding carboxylic acids is 1. The van der Waals surface area contributed by atoms with Gasteiger partial charge in [0.05, 0.1) is 11.9 Å². The molecule has 3 aromatic heterocycles. The summed E-state index contributed by atoms with van der Waals surface area (Å²) >= 11 is 1.44.